The van der Waals surface area contributed by atoms with Crippen molar-refractivity contribution in [3.05, 3.63) is 28.2 Å². The number of rotatable bonds is 7. The molecule has 3 N–H and O–H groups in total. The fourth-order valence-electron chi connectivity index (χ4n) is 1.82. The molecule has 102 valence electrons. The van der Waals surface area contributed by atoms with E-state index >= 15 is 0 Å². The first-order valence-corrected chi connectivity index (χ1v) is 5.98. The quantitative estimate of drug-likeness (QED) is 0.604. The first-order valence-electron chi connectivity index (χ1n) is 5.98. The minimum Gasteiger partial charge on any atom is -0.503 e. The van der Waals surface area contributed by atoms with E-state index in [2.05, 4.69) is 0 Å². The van der Waals surface area contributed by atoms with Crippen LogP contribution in [-0.2, 0) is 13.1 Å². The molecule has 0 amide bonds. The highest BCUT2D eigenvalue weighted by atomic mass is 16.3. The van der Waals surface area contributed by atoms with E-state index in [0.717, 1.165) is 5.69 Å². The summed E-state index contributed by atoms with van der Waals surface area (Å²) in [5.41, 5.74) is 0.338. The Labute approximate surface area is 106 Å². The highest BCUT2D eigenvalue weighted by Gasteiger charge is 2.09. The zero-order valence-electron chi connectivity index (χ0n) is 10.5. The Bertz CT molecular complexity index is 425. The Kier molecular flexibility index (Phi) is 5.84. The molecule has 0 aliphatic rings. The van der Waals surface area contributed by atoms with Gasteiger partial charge in [0.15, 0.2) is 5.75 Å². The van der Waals surface area contributed by atoms with Crippen LogP contribution in [0, 0.1) is 0 Å². The largest absolute Gasteiger partial charge is 0.503 e. The molecule has 18 heavy (non-hydrogen) atoms. The molecule has 0 unspecified atom stereocenters. The molecule has 0 saturated carbocycles. The van der Waals surface area contributed by atoms with Gasteiger partial charge in [0.1, 0.15) is 0 Å². The zero-order valence-corrected chi connectivity index (χ0v) is 10.5. The van der Waals surface area contributed by atoms with Crippen molar-refractivity contribution in [3.63, 3.8) is 0 Å². The van der Waals surface area contributed by atoms with E-state index in [1.807, 2.05) is 11.8 Å². The van der Waals surface area contributed by atoms with Crippen molar-refractivity contribution in [2.45, 2.75) is 20.0 Å². The minimum absolute atomic E-state index is 0.00552. The molecular formula is C12H20N2O4. The Morgan fingerprint density at radius 2 is 1.89 bits per heavy atom. The Balaban J connectivity index is 2.93. The minimum atomic E-state index is -0.414. The standard InChI is InChI=1S/C12H20N2O4/c1-2-14-9-12(18)11(17)7-10(14)8-13(3-5-15)4-6-16/h7,9,15-16,18H,2-6,8H2,1H3. The number of aryl methyl sites for hydroxylation is 1. The Morgan fingerprint density at radius 1 is 1.28 bits per heavy atom. The predicted octanol–water partition coefficient (Wildman–Crippen LogP) is -0.640. The van der Waals surface area contributed by atoms with E-state index in [0.29, 0.717) is 26.2 Å². The Hall–Kier alpha value is -1.37. The molecule has 0 fully saturated rings. The first kappa shape index (κ1) is 14.7. The number of aliphatic hydroxyl groups excluding tert-OH is 2. The van der Waals surface area contributed by atoms with Crippen LogP contribution in [-0.4, -0.2) is 51.1 Å². The Morgan fingerprint density at radius 3 is 2.39 bits per heavy atom. The lowest BCUT2D eigenvalue weighted by Crippen LogP contribution is -2.31. The third-order valence-corrected chi connectivity index (χ3v) is 2.76. The van der Waals surface area contributed by atoms with Gasteiger partial charge >= 0.3 is 0 Å². The van der Waals surface area contributed by atoms with Crippen LogP contribution in [0.25, 0.3) is 0 Å². The number of aromatic nitrogens is 1. The van der Waals surface area contributed by atoms with Crippen molar-refractivity contribution < 1.29 is 15.3 Å². The summed E-state index contributed by atoms with van der Waals surface area (Å²) < 4.78 is 1.78. The van der Waals surface area contributed by atoms with Crippen LogP contribution < -0.4 is 5.43 Å². The van der Waals surface area contributed by atoms with Crippen molar-refractivity contribution in [1.82, 2.24) is 9.47 Å². The fraction of sp³-hybridized carbons (Fsp3) is 0.583. The molecule has 6 heteroatoms. The van der Waals surface area contributed by atoms with E-state index in [-0.39, 0.29) is 19.0 Å². The second kappa shape index (κ2) is 7.15. The van der Waals surface area contributed by atoms with E-state index in [9.17, 15) is 9.90 Å². The highest BCUT2D eigenvalue weighted by molar-refractivity contribution is 5.20. The number of aromatic hydroxyl groups is 1. The van der Waals surface area contributed by atoms with Crippen molar-refractivity contribution in [3.8, 4) is 5.75 Å². The van der Waals surface area contributed by atoms with Gasteiger partial charge in [-0.3, -0.25) is 9.69 Å². The molecule has 0 atom stereocenters. The molecule has 1 rings (SSSR count). The molecule has 0 saturated heterocycles. The van der Waals surface area contributed by atoms with Gasteiger partial charge in [0, 0.05) is 37.9 Å². The fourth-order valence-corrected chi connectivity index (χ4v) is 1.82. The van der Waals surface area contributed by atoms with Crippen LogP contribution in [0.1, 0.15) is 12.6 Å². The van der Waals surface area contributed by atoms with Gasteiger partial charge in [-0.1, -0.05) is 0 Å². The molecular weight excluding hydrogens is 236 g/mol. The van der Waals surface area contributed by atoms with E-state index in [4.69, 9.17) is 10.2 Å². The summed E-state index contributed by atoms with van der Waals surface area (Å²) in [7, 11) is 0. The molecule has 0 aliphatic heterocycles. The van der Waals surface area contributed by atoms with Crippen LogP contribution >= 0.6 is 0 Å². The van der Waals surface area contributed by atoms with Crippen LogP contribution in [0.2, 0.25) is 0 Å². The smallest absolute Gasteiger partial charge is 0.223 e. The number of hydrogen-bond acceptors (Lipinski definition) is 5. The van der Waals surface area contributed by atoms with Crippen molar-refractivity contribution >= 4 is 0 Å². The van der Waals surface area contributed by atoms with Crippen molar-refractivity contribution in [2.24, 2.45) is 0 Å². The second-order valence-corrected chi connectivity index (χ2v) is 4.02. The van der Waals surface area contributed by atoms with E-state index < -0.39 is 5.43 Å². The average Bonchev–Trinajstić information content (AvgIpc) is 2.34. The summed E-state index contributed by atoms with van der Waals surface area (Å²) in [6.45, 7) is 3.84. The van der Waals surface area contributed by atoms with E-state index in [1.54, 1.807) is 4.57 Å². The third-order valence-electron chi connectivity index (χ3n) is 2.76. The second-order valence-electron chi connectivity index (χ2n) is 4.02. The van der Waals surface area contributed by atoms with E-state index in [1.165, 1.54) is 12.3 Å². The number of aliphatic hydroxyl groups is 2. The average molecular weight is 256 g/mol. The van der Waals surface area contributed by atoms with Crippen molar-refractivity contribution in [2.75, 3.05) is 26.3 Å². The maximum Gasteiger partial charge on any atom is 0.223 e. The molecule has 0 aliphatic carbocycles. The lowest BCUT2D eigenvalue weighted by Gasteiger charge is -2.22. The molecule has 0 spiro atoms. The molecule has 0 bridgehead atoms. The first-order chi connectivity index (χ1) is 8.62. The molecule has 1 aromatic heterocycles. The monoisotopic (exact) mass is 256 g/mol. The van der Waals surface area contributed by atoms with Gasteiger partial charge in [0.2, 0.25) is 5.43 Å². The summed E-state index contributed by atoms with van der Waals surface area (Å²) in [4.78, 5) is 13.3. The molecule has 6 nitrogen and oxygen atoms in total. The predicted molar refractivity (Wildman–Crippen MR) is 67.5 cm³/mol. The highest BCUT2D eigenvalue weighted by Crippen LogP contribution is 2.08. The molecule has 1 heterocycles. The number of hydrogen-bond donors (Lipinski definition) is 3. The van der Waals surface area contributed by atoms with Gasteiger partial charge in [-0.2, -0.15) is 0 Å². The summed E-state index contributed by atoms with van der Waals surface area (Å²) >= 11 is 0. The maximum absolute atomic E-state index is 11.4. The van der Waals surface area contributed by atoms with Crippen LogP contribution in [0.5, 0.6) is 5.75 Å². The SMILES string of the molecule is CCn1cc(O)c(=O)cc1CN(CCO)CCO. The van der Waals surface area contributed by atoms with Crippen molar-refractivity contribution in [1.29, 1.82) is 0 Å². The van der Waals surface area contributed by atoms with Gasteiger partial charge in [0.05, 0.1) is 19.4 Å². The summed E-state index contributed by atoms with van der Waals surface area (Å²) in [5.74, 6) is -0.267. The number of nitrogens with zero attached hydrogens (tertiary/aromatic N) is 2. The van der Waals surface area contributed by atoms with Gasteiger partial charge in [-0.15, -0.1) is 0 Å². The third kappa shape index (κ3) is 3.83. The van der Waals surface area contributed by atoms with Gasteiger partial charge in [0.25, 0.3) is 0 Å². The molecule has 0 aromatic carbocycles. The lowest BCUT2D eigenvalue weighted by molar-refractivity contribution is 0.153. The van der Waals surface area contributed by atoms with Gasteiger partial charge in [-0.25, -0.2) is 0 Å². The molecule has 1 aromatic rings. The van der Waals surface area contributed by atoms with Gasteiger partial charge < -0.3 is 19.9 Å². The van der Waals surface area contributed by atoms with Crippen LogP contribution in [0.4, 0.5) is 0 Å². The topological polar surface area (TPSA) is 85.9 Å². The van der Waals surface area contributed by atoms with Crippen LogP contribution in [0.3, 0.4) is 0 Å². The molecule has 0 radical (unpaired) electrons. The summed E-state index contributed by atoms with van der Waals surface area (Å²) in [6.07, 6.45) is 1.41. The summed E-state index contributed by atoms with van der Waals surface area (Å²) in [6, 6.07) is 1.39. The summed E-state index contributed by atoms with van der Waals surface area (Å²) in [5, 5.41) is 27.2. The van der Waals surface area contributed by atoms with Gasteiger partial charge in [-0.05, 0) is 6.92 Å². The van der Waals surface area contributed by atoms with Crippen LogP contribution in [0.15, 0.2) is 17.1 Å². The zero-order chi connectivity index (χ0) is 13.5. The normalized spacial score (nSPS) is 11.1. The lowest BCUT2D eigenvalue weighted by atomic mass is 10.3. The maximum atomic E-state index is 11.4. The number of pyridine rings is 1.